The highest BCUT2D eigenvalue weighted by Crippen LogP contribution is 2.19. The third-order valence-corrected chi connectivity index (χ3v) is 5.04. The fourth-order valence-electron chi connectivity index (χ4n) is 1.46. The van der Waals surface area contributed by atoms with E-state index >= 15 is 0 Å². The summed E-state index contributed by atoms with van der Waals surface area (Å²) in [5.41, 5.74) is 0. The average Bonchev–Trinajstić information content (AvgIpc) is 2.71. The van der Waals surface area contributed by atoms with Crippen LogP contribution in [0.1, 0.15) is 12.8 Å². The molecule has 3 nitrogen and oxygen atoms in total. The lowest BCUT2D eigenvalue weighted by Gasteiger charge is -2.20. The van der Waals surface area contributed by atoms with Gasteiger partial charge in [0.15, 0.2) is 4.34 Å². The third-order valence-electron chi connectivity index (χ3n) is 2.17. The molecule has 1 fully saturated rings. The summed E-state index contributed by atoms with van der Waals surface area (Å²) >= 11 is 1.49. The van der Waals surface area contributed by atoms with E-state index in [-0.39, 0.29) is 0 Å². The lowest BCUT2D eigenvalue weighted by Crippen LogP contribution is -2.33. The van der Waals surface area contributed by atoms with Crippen LogP contribution in [-0.2, 0) is 10.8 Å². The Balaban J connectivity index is 2.04. The van der Waals surface area contributed by atoms with E-state index in [4.69, 9.17) is 0 Å². The van der Waals surface area contributed by atoms with Crippen LogP contribution in [-0.4, -0.2) is 27.5 Å². The van der Waals surface area contributed by atoms with Crippen LogP contribution in [0.15, 0.2) is 15.9 Å². The van der Waals surface area contributed by atoms with Gasteiger partial charge in [0.2, 0.25) is 0 Å². The van der Waals surface area contributed by atoms with Crippen molar-refractivity contribution in [3.05, 3.63) is 11.6 Å². The van der Waals surface area contributed by atoms with Crippen molar-refractivity contribution in [2.75, 3.05) is 13.1 Å². The van der Waals surface area contributed by atoms with E-state index in [9.17, 15) is 4.21 Å². The highest BCUT2D eigenvalue weighted by Gasteiger charge is 2.22. The van der Waals surface area contributed by atoms with Crippen LogP contribution in [0.3, 0.4) is 0 Å². The first kappa shape index (κ1) is 9.30. The predicted molar refractivity (Wildman–Crippen MR) is 54.4 cm³/mol. The maximum Gasteiger partial charge on any atom is 0.180 e. The SMILES string of the molecule is O=S(c1nccs1)C1CCNCC1. The molecule has 0 aromatic carbocycles. The largest absolute Gasteiger partial charge is 0.317 e. The first-order valence-electron chi connectivity index (χ1n) is 4.39. The van der Waals surface area contributed by atoms with Crippen molar-refractivity contribution < 1.29 is 4.21 Å². The standard InChI is InChI=1S/C8H12N2OS2/c11-13(8-10-5-6-12-8)7-1-3-9-4-2-7/h5-7,9H,1-4H2. The molecule has 1 aliphatic rings. The van der Waals surface area contributed by atoms with Gasteiger partial charge in [-0.2, -0.15) is 0 Å². The van der Waals surface area contributed by atoms with Gasteiger partial charge in [-0.25, -0.2) is 4.98 Å². The summed E-state index contributed by atoms with van der Waals surface area (Å²) in [6.45, 7) is 1.98. The number of hydrogen-bond donors (Lipinski definition) is 1. The molecule has 0 amide bonds. The smallest absolute Gasteiger partial charge is 0.180 e. The van der Waals surface area contributed by atoms with Crippen molar-refractivity contribution in [2.24, 2.45) is 0 Å². The molecule has 1 N–H and O–H groups in total. The Morgan fingerprint density at radius 2 is 2.31 bits per heavy atom. The van der Waals surface area contributed by atoms with Gasteiger partial charge in [-0.3, -0.25) is 4.21 Å². The van der Waals surface area contributed by atoms with Crippen molar-refractivity contribution in [3.8, 4) is 0 Å². The molecular formula is C8H12N2OS2. The van der Waals surface area contributed by atoms with Gasteiger partial charge >= 0.3 is 0 Å². The number of hydrogen-bond acceptors (Lipinski definition) is 4. The van der Waals surface area contributed by atoms with Gasteiger partial charge in [-0.1, -0.05) is 0 Å². The maximum atomic E-state index is 11.9. The van der Waals surface area contributed by atoms with Crippen LogP contribution in [0.25, 0.3) is 0 Å². The van der Waals surface area contributed by atoms with Crippen molar-refractivity contribution in [3.63, 3.8) is 0 Å². The van der Waals surface area contributed by atoms with Gasteiger partial charge in [0.05, 0.1) is 10.8 Å². The minimum absolute atomic E-state index is 0.312. The second kappa shape index (κ2) is 4.30. The van der Waals surface area contributed by atoms with E-state index in [1.54, 1.807) is 6.20 Å². The quantitative estimate of drug-likeness (QED) is 0.802. The first-order chi connectivity index (χ1) is 6.38. The van der Waals surface area contributed by atoms with Gasteiger partial charge < -0.3 is 5.32 Å². The van der Waals surface area contributed by atoms with Crippen molar-refractivity contribution in [1.29, 1.82) is 0 Å². The number of aromatic nitrogens is 1. The van der Waals surface area contributed by atoms with Crippen molar-refractivity contribution in [1.82, 2.24) is 10.3 Å². The molecule has 13 heavy (non-hydrogen) atoms. The lowest BCUT2D eigenvalue weighted by atomic mass is 10.2. The first-order valence-corrected chi connectivity index (χ1v) is 6.48. The minimum Gasteiger partial charge on any atom is -0.317 e. The number of thiazole rings is 1. The van der Waals surface area contributed by atoms with Gasteiger partial charge in [-0.15, -0.1) is 11.3 Å². The van der Waals surface area contributed by atoms with Gasteiger partial charge in [0, 0.05) is 16.8 Å². The monoisotopic (exact) mass is 216 g/mol. The Morgan fingerprint density at radius 1 is 1.54 bits per heavy atom. The highest BCUT2D eigenvalue weighted by molar-refractivity contribution is 7.87. The van der Waals surface area contributed by atoms with Crippen molar-refractivity contribution >= 4 is 22.1 Å². The maximum absolute atomic E-state index is 11.9. The molecule has 5 heteroatoms. The van der Waals surface area contributed by atoms with Crippen LogP contribution in [0, 0.1) is 0 Å². The number of rotatable bonds is 2. The average molecular weight is 216 g/mol. The molecule has 1 atom stereocenters. The fraction of sp³-hybridized carbons (Fsp3) is 0.625. The third kappa shape index (κ3) is 2.15. The molecule has 1 saturated heterocycles. The summed E-state index contributed by atoms with van der Waals surface area (Å²) in [6.07, 6.45) is 3.73. The van der Waals surface area contributed by atoms with E-state index in [0.717, 1.165) is 30.3 Å². The Kier molecular flexibility index (Phi) is 3.08. The normalized spacial score (nSPS) is 21.5. The van der Waals surface area contributed by atoms with Crippen molar-refractivity contribution in [2.45, 2.75) is 22.4 Å². The van der Waals surface area contributed by atoms with Gasteiger partial charge in [-0.05, 0) is 25.9 Å². The predicted octanol–water partition coefficient (Wildman–Crippen LogP) is 1.00. The van der Waals surface area contributed by atoms with E-state index in [1.165, 1.54) is 11.3 Å². The Hall–Kier alpha value is -0.260. The summed E-state index contributed by atoms with van der Waals surface area (Å²) in [5, 5.41) is 5.46. The molecule has 72 valence electrons. The van der Waals surface area contributed by atoms with E-state index in [1.807, 2.05) is 5.38 Å². The summed E-state index contributed by atoms with van der Waals surface area (Å²) in [7, 11) is -0.871. The molecule has 0 spiro atoms. The lowest BCUT2D eigenvalue weighted by molar-refractivity contribution is 0.519. The second-order valence-corrected chi connectivity index (χ2v) is 5.85. The van der Waals surface area contributed by atoms with Crippen LogP contribution >= 0.6 is 11.3 Å². The fourth-order valence-corrected chi connectivity index (χ4v) is 3.89. The molecule has 1 unspecified atom stereocenters. The van der Waals surface area contributed by atoms with Gasteiger partial charge in [0.25, 0.3) is 0 Å². The zero-order chi connectivity index (χ0) is 9.10. The number of nitrogens with zero attached hydrogens (tertiary/aromatic N) is 1. The minimum atomic E-state index is -0.871. The molecule has 1 aromatic rings. The van der Waals surface area contributed by atoms with Crippen LogP contribution in [0.2, 0.25) is 0 Å². The van der Waals surface area contributed by atoms with Crippen LogP contribution < -0.4 is 5.32 Å². The Morgan fingerprint density at radius 3 is 2.92 bits per heavy atom. The molecule has 1 aromatic heterocycles. The summed E-state index contributed by atoms with van der Waals surface area (Å²) in [5.74, 6) is 0. The van der Waals surface area contributed by atoms with Crippen LogP contribution in [0.4, 0.5) is 0 Å². The number of nitrogens with one attached hydrogen (secondary N) is 1. The zero-order valence-corrected chi connectivity index (χ0v) is 8.87. The molecule has 0 saturated carbocycles. The van der Waals surface area contributed by atoms with Gasteiger partial charge in [0.1, 0.15) is 0 Å². The topological polar surface area (TPSA) is 42.0 Å². The molecule has 0 bridgehead atoms. The summed E-state index contributed by atoms with van der Waals surface area (Å²) < 4.78 is 12.7. The number of piperidine rings is 1. The van der Waals surface area contributed by atoms with E-state index < -0.39 is 10.8 Å². The molecular weight excluding hydrogens is 204 g/mol. The molecule has 0 radical (unpaired) electrons. The highest BCUT2D eigenvalue weighted by atomic mass is 32.2. The van der Waals surface area contributed by atoms with E-state index in [0.29, 0.717) is 5.25 Å². The second-order valence-electron chi connectivity index (χ2n) is 3.04. The van der Waals surface area contributed by atoms with E-state index in [2.05, 4.69) is 10.3 Å². The zero-order valence-electron chi connectivity index (χ0n) is 7.23. The Bertz CT molecular complexity index is 280. The summed E-state index contributed by atoms with van der Waals surface area (Å²) in [4.78, 5) is 4.09. The molecule has 2 rings (SSSR count). The van der Waals surface area contributed by atoms with Crippen LogP contribution in [0.5, 0.6) is 0 Å². The molecule has 2 heterocycles. The molecule has 1 aliphatic heterocycles. The molecule has 0 aliphatic carbocycles. The summed E-state index contributed by atoms with van der Waals surface area (Å²) in [6, 6.07) is 0. The Labute approximate surface area is 84.0 Å².